The lowest BCUT2D eigenvalue weighted by Crippen LogP contribution is -2.39. The number of rotatable bonds is 7. The van der Waals surface area contributed by atoms with Crippen molar-refractivity contribution < 1.29 is 22.4 Å². The molecule has 8 nitrogen and oxygen atoms in total. The fourth-order valence-corrected chi connectivity index (χ4v) is 4.93. The summed E-state index contributed by atoms with van der Waals surface area (Å²) in [5.74, 6) is 0.567. The number of fused-ring (bicyclic) bond motifs is 1. The van der Waals surface area contributed by atoms with Gasteiger partial charge in [-0.1, -0.05) is 24.3 Å². The number of likely N-dealkylation sites (tertiary alicyclic amines) is 1. The molecule has 168 valence electrons. The van der Waals surface area contributed by atoms with Crippen molar-refractivity contribution in [3.63, 3.8) is 0 Å². The van der Waals surface area contributed by atoms with Gasteiger partial charge in [-0.2, -0.15) is 0 Å². The molecule has 2 aromatic carbocycles. The van der Waals surface area contributed by atoms with E-state index in [1.807, 2.05) is 24.3 Å². The Morgan fingerprint density at radius 2 is 1.88 bits per heavy atom. The van der Waals surface area contributed by atoms with Crippen molar-refractivity contribution in [1.29, 1.82) is 0 Å². The van der Waals surface area contributed by atoms with E-state index in [-0.39, 0.29) is 35.5 Å². The monoisotopic (exact) mass is 455 g/mol. The van der Waals surface area contributed by atoms with E-state index in [2.05, 4.69) is 9.71 Å². The van der Waals surface area contributed by atoms with Crippen molar-refractivity contribution in [1.82, 2.24) is 14.6 Å². The largest absolute Gasteiger partial charge is 0.440 e. The average Bonchev–Trinajstić information content (AvgIpc) is 3.23. The molecule has 2 heterocycles. The number of ketones is 1. The molecule has 4 rings (SSSR count). The normalized spacial score (nSPS) is 15.2. The maximum absolute atomic E-state index is 12.6. The summed E-state index contributed by atoms with van der Waals surface area (Å²) < 4.78 is 33.3. The molecule has 0 unspecified atom stereocenters. The molecule has 1 fully saturated rings. The Morgan fingerprint density at radius 3 is 2.59 bits per heavy atom. The lowest BCUT2D eigenvalue weighted by Gasteiger charge is -2.30. The van der Waals surface area contributed by atoms with E-state index in [0.29, 0.717) is 24.5 Å². The third kappa shape index (κ3) is 4.89. The Bertz CT molecular complexity index is 1210. The molecule has 1 saturated heterocycles. The molecule has 0 spiro atoms. The van der Waals surface area contributed by atoms with Crippen molar-refractivity contribution >= 4 is 32.8 Å². The maximum Gasteiger partial charge on any atom is 0.240 e. The molecular formula is C23H25N3O5S. The minimum atomic E-state index is -3.79. The van der Waals surface area contributed by atoms with Crippen LogP contribution in [0.2, 0.25) is 0 Å². The summed E-state index contributed by atoms with van der Waals surface area (Å²) in [6.07, 6.45) is 1.57. The number of hydrogen-bond donors (Lipinski definition) is 1. The van der Waals surface area contributed by atoms with Gasteiger partial charge in [-0.05, 0) is 44.0 Å². The van der Waals surface area contributed by atoms with Gasteiger partial charge < -0.3 is 9.32 Å². The van der Waals surface area contributed by atoms with Gasteiger partial charge in [0.1, 0.15) is 5.52 Å². The molecule has 0 radical (unpaired) electrons. The standard InChI is InChI=1S/C23H25N3O5S/c1-16(27)18-5-4-6-19(15-18)32(29,30)24-12-9-22(28)26-13-10-17(11-14-26)23-25-20-7-2-3-8-21(20)31-23/h2-8,15,17,24H,9-14H2,1H3. The second kappa shape index (κ2) is 9.22. The summed E-state index contributed by atoms with van der Waals surface area (Å²) in [6.45, 7) is 2.53. The topological polar surface area (TPSA) is 110 Å². The number of carbonyl (C=O) groups excluding carboxylic acids is 2. The summed E-state index contributed by atoms with van der Waals surface area (Å²) in [6, 6.07) is 13.5. The van der Waals surface area contributed by atoms with E-state index in [4.69, 9.17) is 4.42 Å². The zero-order valence-electron chi connectivity index (χ0n) is 17.8. The molecule has 1 aliphatic rings. The zero-order chi connectivity index (χ0) is 22.7. The SMILES string of the molecule is CC(=O)c1cccc(S(=O)(=O)NCCC(=O)N2CCC(c3nc4ccccc4o3)CC2)c1. The van der Waals surface area contributed by atoms with Crippen molar-refractivity contribution in [2.75, 3.05) is 19.6 Å². The number of nitrogens with one attached hydrogen (secondary N) is 1. The quantitative estimate of drug-likeness (QED) is 0.548. The first kappa shape index (κ1) is 22.2. The Hall–Kier alpha value is -3.04. The number of carbonyl (C=O) groups is 2. The number of benzene rings is 2. The Kier molecular flexibility index (Phi) is 6.38. The Labute approximate surface area is 186 Å². The van der Waals surface area contributed by atoms with E-state index in [0.717, 1.165) is 23.9 Å². The Morgan fingerprint density at radius 1 is 1.12 bits per heavy atom. The molecule has 1 amide bonds. The fraction of sp³-hybridized carbons (Fsp3) is 0.348. The summed E-state index contributed by atoms with van der Waals surface area (Å²) in [7, 11) is -3.79. The molecule has 32 heavy (non-hydrogen) atoms. The summed E-state index contributed by atoms with van der Waals surface area (Å²) in [5, 5.41) is 0. The lowest BCUT2D eigenvalue weighted by molar-refractivity contribution is -0.132. The highest BCUT2D eigenvalue weighted by atomic mass is 32.2. The van der Waals surface area contributed by atoms with Crippen molar-refractivity contribution in [2.45, 2.75) is 37.0 Å². The van der Waals surface area contributed by atoms with Crippen LogP contribution in [-0.4, -0.2) is 49.6 Å². The van der Waals surface area contributed by atoms with Crippen LogP contribution in [0.15, 0.2) is 57.8 Å². The maximum atomic E-state index is 12.6. The van der Waals surface area contributed by atoms with Crippen LogP contribution in [-0.2, 0) is 14.8 Å². The van der Waals surface area contributed by atoms with Gasteiger partial charge in [-0.25, -0.2) is 18.1 Å². The van der Waals surface area contributed by atoms with E-state index >= 15 is 0 Å². The van der Waals surface area contributed by atoms with Gasteiger partial charge in [-0.3, -0.25) is 9.59 Å². The molecule has 1 N–H and O–H groups in total. The number of nitrogens with zero attached hydrogens (tertiary/aromatic N) is 2. The number of Topliss-reactive ketones (excluding diaryl/α,β-unsaturated/α-hetero) is 1. The number of para-hydroxylation sites is 2. The molecular weight excluding hydrogens is 430 g/mol. The first-order valence-electron chi connectivity index (χ1n) is 10.6. The minimum absolute atomic E-state index is 0.00345. The van der Waals surface area contributed by atoms with Crippen LogP contribution in [0.3, 0.4) is 0 Å². The zero-order valence-corrected chi connectivity index (χ0v) is 18.6. The van der Waals surface area contributed by atoms with Crippen molar-refractivity contribution in [3.8, 4) is 0 Å². The van der Waals surface area contributed by atoms with E-state index in [1.54, 1.807) is 11.0 Å². The molecule has 0 aliphatic carbocycles. The number of sulfonamides is 1. The average molecular weight is 456 g/mol. The van der Waals surface area contributed by atoms with Gasteiger partial charge in [-0.15, -0.1) is 0 Å². The van der Waals surface area contributed by atoms with Crippen molar-refractivity contribution in [3.05, 3.63) is 60.0 Å². The third-order valence-corrected chi connectivity index (χ3v) is 7.15. The number of piperidine rings is 1. The van der Waals surface area contributed by atoms with E-state index in [9.17, 15) is 18.0 Å². The smallest absolute Gasteiger partial charge is 0.240 e. The van der Waals surface area contributed by atoms with Crippen LogP contribution in [0.5, 0.6) is 0 Å². The van der Waals surface area contributed by atoms with Gasteiger partial charge in [0, 0.05) is 37.5 Å². The van der Waals surface area contributed by atoms with Crippen LogP contribution in [0, 0.1) is 0 Å². The number of aromatic nitrogens is 1. The fourth-order valence-electron chi connectivity index (χ4n) is 3.86. The summed E-state index contributed by atoms with van der Waals surface area (Å²) >= 11 is 0. The van der Waals surface area contributed by atoms with Crippen LogP contribution in [0.25, 0.3) is 11.1 Å². The molecule has 0 saturated carbocycles. The molecule has 1 aliphatic heterocycles. The predicted molar refractivity (Wildman–Crippen MR) is 119 cm³/mol. The molecule has 0 atom stereocenters. The van der Waals surface area contributed by atoms with Gasteiger partial charge in [0.25, 0.3) is 0 Å². The van der Waals surface area contributed by atoms with E-state index in [1.165, 1.54) is 25.1 Å². The first-order valence-corrected chi connectivity index (χ1v) is 12.1. The number of hydrogen-bond acceptors (Lipinski definition) is 6. The van der Waals surface area contributed by atoms with Crippen LogP contribution in [0.4, 0.5) is 0 Å². The van der Waals surface area contributed by atoms with Gasteiger partial charge in [0.15, 0.2) is 17.3 Å². The van der Waals surface area contributed by atoms with Crippen molar-refractivity contribution in [2.24, 2.45) is 0 Å². The second-order valence-electron chi connectivity index (χ2n) is 7.91. The summed E-state index contributed by atoms with van der Waals surface area (Å²) in [5.41, 5.74) is 1.93. The Balaban J connectivity index is 1.28. The number of oxazole rings is 1. The van der Waals surface area contributed by atoms with Gasteiger partial charge >= 0.3 is 0 Å². The van der Waals surface area contributed by atoms with Crippen LogP contribution >= 0.6 is 0 Å². The minimum Gasteiger partial charge on any atom is -0.440 e. The molecule has 1 aromatic heterocycles. The molecule has 3 aromatic rings. The highest BCUT2D eigenvalue weighted by Gasteiger charge is 2.27. The number of amides is 1. The molecule has 0 bridgehead atoms. The highest BCUT2D eigenvalue weighted by molar-refractivity contribution is 7.89. The second-order valence-corrected chi connectivity index (χ2v) is 9.67. The van der Waals surface area contributed by atoms with E-state index < -0.39 is 10.0 Å². The highest BCUT2D eigenvalue weighted by Crippen LogP contribution is 2.30. The molecule has 9 heteroatoms. The van der Waals surface area contributed by atoms with Gasteiger partial charge in [0.2, 0.25) is 15.9 Å². The summed E-state index contributed by atoms with van der Waals surface area (Å²) in [4.78, 5) is 30.4. The lowest BCUT2D eigenvalue weighted by atomic mass is 9.96. The first-order chi connectivity index (χ1) is 15.3. The van der Waals surface area contributed by atoms with Gasteiger partial charge in [0.05, 0.1) is 4.90 Å². The third-order valence-electron chi connectivity index (χ3n) is 5.69. The van der Waals surface area contributed by atoms with Crippen LogP contribution < -0.4 is 4.72 Å². The predicted octanol–water partition coefficient (Wildman–Crippen LogP) is 3.11. The van der Waals surface area contributed by atoms with Crippen LogP contribution in [0.1, 0.15) is 48.4 Å².